The van der Waals surface area contributed by atoms with Crippen LogP contribution in [0.15, 0.2) is 30.3 Å². The van der Waals surface area contributed by atoms with Crippen molar-refractivity contribution in [3.05, 3.63) is 47.3 Å². The molecule has 1 aromatic heterocycles. The van der Waals surface area contributed by atoms with E-state index in [1.807, 2.05) is 37.3 Å². The smallest absolute Gasteiger partial charge is 0.185 e. The molecule has 1 aromatic carbocycles. The molecular formula is C15H18N2O2. The largest absolute Gasteiger partial charge is 0.496 e. The highest BCUT2D eigenvalue weighted by Crippen LogP contribution is 2.19. The molecule has 2 aromatic rings. The Morgan fingerprint density at radius 3 is 2.74 bits per heavy atom. The fourth-order valence-electron chi connectivity index (χ4n) is 2.07. The number of rotatable bonds is 5. The van der Waals surface area contributed by atoms with Crippen LogP contribution in [0.5, 0.6) is 5.75 Å². The van der Waals surface area contributed by atoms with Gasteiger partial charge in [0.15, 0.2) is 5.78 Å². The Hall–Kier alpha value is -2.10. The van der Waals surface area contributed by atoms with E-state index in [0.717, 1.165) is 23.4 Å². The molecule has 0 radical (unpaired) electrons. The molecule has 0 bridgehead atoms. The van der Waals surface area contributed by atoms with Gasteiger partial charge in [0.1, 0.15) is 11.4 Å². The van der Waals surface area contributed by atoms with Gasteiger partial charge < -0.3 is 4.74 Å². The first kappa shape index (κ1) is 13.3. The Morgan fingerprint density at radius 2 is 2.11 bits per heavy atom. The third-order valence-electron chi connectivity index (χ3n) is 3.12. The molecule has 0 aliphatic heterocycles. The summed E-state index contributed by atoms with van der Waals surface area (Å²) in [5.74, 6) is 0.799. The number of Topliss-reactive ketones (excluding diaryl/α,β-unsaturated/α-hetero) is 1. The number of carbonyl (C=O) groups is 1. The van der Waals surface area contributed by atoms with Crippen molar-refractivity contribution in [3.63, 3.8) is 0 Å². The lowest BCUT2D eigenvalue weighted by atomic mass is 10.1. The van der Waals surface area contributed by atoms with E-state index in [0.29, 0.717) is 12.1 Å². The number of ketones is 1. The van der Waals surface area contributed by atoms with Crippen molar-refractivity contribution in [1.82, 2.24) is 9.78 Å². The summed E-state index contributed by atoms with van der Waals surface area (Å²) in [4.78, 5) is 12.3. The predicted octanol–water partition coefficient (Wildman–Crippen LogP) is 2.42. The van der Waals surface area contributed by atoms with Crippen LogP contribution in [0.2, 0.25) is 0 Å². The minimum absolute atomic E-state index is 0.0548. The Kier molecular flexibility index (Phi) is 4.00. The van der Waals surface area contributed by atoms with Gasteiger partial charge in [-0.3, -0.25) is 9.48 Å². The molecular weight excluding hydrogens is 240 g/mol. The summed E-state index contributed by atoms with van der Waals surface area (Å²) in [7, 11) is 3.41. The summed E-state index contributed by atoms with van der Waals surface area (Å²) >= 11 is 0. The van der Waals surface area contributed by atoms with E-state index in [4.69, 9.17) is 4.74 Å². The van der Waals surface area contributed by atoms with Crippen LogP contribution in [-0.2, 0) is 19.9 Å². The van der Waals surface area contributed by atoms with Crippen LogP contribution >= 0.6 is 0 Å². The second-order valence-electron chi connectivity index (χ2n) is 4.41. The molecule has 0 N–H and O–H groups in total. The number of hydrogen-bond acceptors (Lipinski definition) is 3. The first-order valence-corrected chi connectivity index (χ1v) is 6.33. The van der Waals surface area contributed by atoms with E-state index in [2.05, 4.69) is 5.10 Å². The second-order valence-corrected chi connectivity index (χ2v) is 4.41. The highest BCUT2D eigenvalue weighted by atomic mass is 16.5. The van der Waals surface area contributed by atoms with Crippen LogP contribution in [0.1, 0.15) is 28.7 Å². The molecule has 19 heavy (non-hydrogen) atoms. The third kappa shape index (κ3) is 2.84. The number of ether oxygens (including phenoxy) is 1. The number of methoxy groups -OCH3 is 1. The van der Waals surface area contributed by atoms with Gasteiger partial charge in [0.05, 0.1) is 12.8 Å². The maximum absolute atomic E-state index is 12.3. The zero-order valence-corrected chi connectivity index (χ0v) is 11.5. The zero-order chi connectivity index (χ0) is 13.8. The second kappa shape index (κ2) is 5.69. The van der Waals surface area contributed by atoms with Gasteiger partial charge >= 0.3 is 0 Å². The number of benzene rings is 1. The number of para-hydroxylation sites is 1. The molecule has 1 heterocycles. The van der Waals surface area contributed by atoms with Gasteiger partial charge in [0.25, 0.3) is 0 Å². The molecule has 0 unspecified atom stereocenters. The van der Waals surface area contributed by atoms with Crippen LogP contribution in [0.4, 0.5) is 0 Å². The first-order valence-electron chi connectivity index (χ1n) is 6.33. The molecule has 0 aliphatic rings. The van der Waals surface area contributed by atoms with Crippen molar-refractivity contribution >= 4 is 5.78 Å². The molecule has 0 spiro atoms. The predicted molar refractivity (Wildman–Crippen MR) is 73.6 cm³/mol. The maximum Gasteiger partial charge on any atom is 0.185 e. The van der Waals surface area contributed by atoms with E-state index in [1.165, 1.54) is 0 Å². The first-order chi connectivity index (χ1) is 9.15. The summed E-state index contributed by atoms with van der Waals surface area (Å²) in [5.41, 5.74) is 2.47. The average molecular weight is 258 g/mol. The maximum atomic E-state index is 12.3. The van der Waals surface area contributed by atoms with Gasteiger partial charge in [0, 0.05) is 19.0 Å². The highest BCUT2D eigenvalue weighted by Gasteiger charge is 2.15. The fourth-order valence-corrected chi connectivity index (χ4v) is 2.07. The van der Waals surface area contributed by atoms with E-state index in [9.17, 15) is 4.79 Å². The summed E-state index contributed by atoms with van der Waals surface area (Å²) < 4.78 is 6.91. The molecule has 2 rings (SSSR count). The lowest BCUT2D eigenvalue weighted by molar-refractivity contribution is 0.0983. The summed E-state index contributed by atoms with van der Waals surface area (Å²) in [5, 5.41) is 4.30. The zero-order valence-electron chi connectivity index (χ0n) is 11.5. The van der Waals surface area contributed by atoms with Crippen molar-refractivity contribution in [2.75, 3.05) is 7.11 Å². The molecule has 4 nitrogen and oxygen atoms in total. The summed E-state index contributed by atoms with van der Waals surface area (Å²) in [6, 6.07) is 9.44. The van der Waals surface area contributed by atoms with Crippen molar-refractivity contribution < 1.29 is 9.53 Å². The molecule has 0 atom stereocenters. The van der Waals surface area contributed by atoms with Crippen molar-refractivity contribution in [2.24, 2.45) is 7.05 Å². The Morgan fingerprint density at radius 1 is 1.37 bits per heavy atom. The Balaban J connectivity index is 2.23. The molecule has 0 saturated carbocycles. The van der Waals surface area contributed by atoms with E-state index in [1.54, 1.807) is 18.8 Å². The quantitative estimate of drug-likeness (QED) is 0.774. The van der Waals surface area contributed by atoms with Gasteiger partial charge in [0.2, 0.25) is 0 Å². The van der Waals surface area contributed by atoms with Gasteiger partial charge in [-0.05, 0) is 18.6 Å². The minimum atomic E-state index is 0.0548. The standard InChI is InChI=1S/C15H18N2O2/c1-4-12-10-13(17(2)16-12)14(18)9-11-7-5-6-8-15(11)19-3/h5-8,10H,4,9H2,1-3H3. The lowest BCUT2D eigenvalue weighted by Gasteiger charge is -2.07. The van der Waals surface area contributed by atoms with E-state index >= 15 is 0 Å². The minimum Gasteiger partial charge on any atom is -0.496 e. The average Bonchev–Trinajstić information content (AvgIpc) is 2.80. The van der Waals surface area contributed by atoms with Gasteiger partial charge in [-0.2, -0.15) is 5.10 Å². The monoisotopic (exact) mass is 258 g/mol. The van der Waals surface area contributed by atoms with Gasteiger partial charge in [-0.25, -0.2) is 0 Å². The third-order valence-corrected chi connectivity index (χ3v) is 3.12. The van der Waals surface area contributed by atoms with Crippen LogP contribution in [-0.4, -0.2) is 22.7 Å². The summed E-state index contributed by atoms with van der Waals surface area (Å²) in [6.07, 6.45) is 1.16. The fraction of sp³-hybridized carbons (Fsp3) is 0.333. The molecule has 4 heteroatoms. The molecule has 0 amide bonds. The van der Waals surface area contributed by atoms with Crippen molar-refractivity contribution in [2.45, 2.75) is 19.8 Å². The molecule has 100 valence electrons. The number of nitrogens with zero attached hydrogens (tertiary/aromatic N) is 2. The number of carbonyl (C=O) groups excluding carboxylic acids is 1. The Bertz CT molecular complexity index is 588. The molecule has 0 aliphatic carbocycles. The summed E-state index contributed by atoms with van der Waals surface area (Å²) in [6.45, 7) is 2.02. The molecule has 0 fully saturated rings. The van der Waals surface area contributed by atoms with Crippen molar-refractivity contribution in [3.8, 4) is 5.75 Å². The van der Waals surface area contributed by atoms with E-state index in [-0.39, 0.29) is 5.78 Å². The number of hydrogen-bond donors (Lipinski definition) is 0. The SMILES string of the molecule is CCc1cc(C(=O)Cc2ccccc2OC)n(C)n1. The van der Waals surface area contributed by atoms with Gasteiger partial charge in [-0.1, -0.05) is 25.1 Å². The highest BCUT2D eigenvalue weighted by molar-refractivity contribution is 5.96. The van der Waals surface area contributed by atoms with Crippen LogP contribution in [0.3, 0.4) is 0 Å². The Labute approximate surface area is 113 Å². The normalized spacial score (nSPS) is 10.5. The lowest BCUT2D eigenvalue weighted by Crippen LogP contribution is -2.10. The van der Waals surface area contributed by atoms with E-state index < -0.39 is 0 Å². The van der Waals surface area contributed by atoms with Crippen molar-refractivity contribution in [1.29, 1.82) is 0 Å². The molecule has 0 saturated heterocycles. The van der Waals surface area contributed by atoms with Crippen LogP contribution in [0.25, 0.3) is 0 Å². The number of aryl methyl sites for hydroxylation is 2. The topological polar surface area (TPSA) is 44.1 Å². The van der Waals surface area contributed by atoms with Crippen LogP contribution in [0, 0.1) is 0 Å². The van der Waals surface area contributed by atoms with Gasteiger partial charge in [-0.15, -0.1) is 0 Å². The number of aromatic nitrogens is 2. The van der Waals surface area contributed by atoms with Crippen LogP contribution < -0.4 is 4.74 Å².